The van der Waals surface area contributed by atoms with Gasteiger partial charge in [-0.1, -0.05) is 5.92 Å². The quantitative estimate of drug-likeness (QED) is 0.518. The van der Waals surface area contributed by atoms with Crippen LogP contribution in [0.25, 0.3) is 0 Å². The summed E-state index contributed by atoms with van der Waals surface area (Å²) in [7, 11) is 0. The van der Waals surface area contributed by atoms with Crippen LogP contribution in [-0.4, -0.2) is 12.6 Å². The van der Waals surface area contributed by atoms with Crippen LogP contribution in [0.3, 0.4) is 0 Å². The fraction of sp³-hybridized carbons (Fsp3) is 0.625. The minimum absolute atomic E-state index is 0.206. The van der Waals surface area contributed by atoms with E-state index in [1.807, 2.05) is 0 Å². The van der Waals surface area contributed by atoms with Gasteiger partial charge in [-0.15, -0.1) is 0 Å². The lowest BCUT2D eigenvalue weighted by Crippen LogP contribution is -2.02. The molecule has 1 aliphatic carbocycles. The molecule has 1 saturated carbocycles. The molecule has 11 heavy (non-hydrogen) atoms. The molecule has 1 unspecified atom stereocenters. The minimum Gasteiger partial charge on any atom is -0.466 e. The summed E-state index contributed by atoms with van der Waals surface area (Å²) >= 11 is 3.03. The predicted molar refractivity (Wildman–Crippen MR) is 44.9 cm³/mol. The average Bonchev–Trinajstić information content (AvgIpc) is 2.64. The molecule has 1 aliphatic rings. The van der Waals surface area contributed by atoms with Crippen LogP contribution in [0.5, 0.6) is 0 Å². The van der Waals surface area contributed by atoms with Gasteiger partial charge in [0.15, 0.2) is 0 Å². The second kappa shape index (κ2) is 3.77. The molecule has 3 heteroatoms. The molecule has 0 amide bonds. The highest BCUT2D eigenvalue weighted by Gasteiger charge is 2.36. The summed E-state index contributed by atoms with van der Waals surface area (Å²) in [4.78, 5) is 13.0. The van der Waals surface area contributed by atoms with Crippen molar-refractivity contribution in [1.29, 1.82) is 0 Å². The van der Waals surface area contributed by atoms with E-state index >= 15 is 0 Å². The van der Waals surface area contributed by atoms with Gasteiger partial charge in [-0.3, -0.25) is 4.79 Å². The molecule has 0 N–H and O–H groups in total. The summed E-state index contributed by atoms with van der Waals surface area (Å²) in [6.45, 7) is 1.95. The van der Waals surface area contributed by atoms with Crippen LogP contribution in [0.1, 0.15) is 13.3 Å². The molecule has 2 atom stereocenters. The van der Waals surface area contributed by atoms with Gasteiger partial charge in [0.25, 0.3) is 0 Å². The zero-order valence-corrected chi connectivity index (χ0v) is 7.85. The van der Waals surface area contributed by atoms with E-state index in [1.54, 1.807) is 0 Å². The van der Waals surface area contributed by atoms with Crippen LogP contribution in [0.2, 0.25) is 0 Å². The molecule has 0 bridgehead atoms. The van der Waals surface area contributed by atoms with E-state index in [4.69, 9.17) is 4.74 Å². The number of halogens is 1. The zero-order valence-electron chi connectivity index (χ0n) is 6.26. The molecular weight excluding hydrogens is 208 g/mol. The van der Waals surface area contributed by atoms with E-state index in [2.05, 4.69) is 26.7 Å². The van der Waals surface area contributed by atoms with Gasteiger partial charge in [0.2, 0.25) is 0 Å². The van der Waals surface area contributed by atoms with E-state index < -0.39 is 0 Å². The third-order valence-electron chi connectivity index (χ3n) is 1.66. The highest BCUT2D eigenvalue weighted by Crippen LogP contribution is 2.37. The van der Waals surface area contributed by atoms with Crippen molar-refractivity contribution in [1.82, 2.24) is 0 Å². The Morgan fingerprint density at radius 3 is 3.09 bits per heavy atom. The number of hydrogen-bond donors (Lipinski definition) is 0. The maximum Gasteiger partial charge on any atom is 0.302 e. The molecule has 0 aliphatic heterocycles. The summed E-state index contributed by atoms with van der Waals surface area (Å²) in [5.74, 6) is 3.68. The third-order valence-corrected chi connectivity index (χ3v) is 1.89. The first-order valence-corrected chi connectivity index (χ1v) is 4.28. The first-order chi connectivity index (χ1) is 5.24. The molecule has 0 aromatic heterocycles. The van der Waals surface area contributed by atoms with Crippen molar-refractivity contribution >= 4 is 21.9 Å². The second-order valence-corrected chi connectivity index (χ2v) is 3.04. The molecule has 0 saturated heterocycles. The molecular formula is C8H9BrO2. The fourth-order valence-corrected chi connectivity index (χ4v) is 1.20. The first-order valence-electron chi connectivity index (χ1n) is 3.48. The van der Waals surface area contributed by atoms with Crippen molar-refractivity contribution in [2.45, 2.75) is 13.3 Å². The van der Waals surface area contributed by atoms with Crippen molar-refractivity contribution < 1.29 is 9.53 Å². The van der Waals surface area contributed by atoms with E-state index in [1.165, 1.54) is 6.92 Å². The molecule has 1 fully saturated rings. The Hall–Kier alpha value is -0.490. The smallest absolute Gasteiger partial charge is 0.302 e. The molecule has 60 valence electrons. The number of carbonyl (C=O) groups excluding carboxylic acids is 1. The van der Waals surface area contributed by atoms with Gasteiger partial charge in [-0.25, -0.2) is 0 Å². The second-order valence-electron chi connectivity index (χ2n) is 2.64. The van der Waals surface area contributed by atoms with Gasteiger partial charge in [0.1, 0.15) is 0 Å². The Balaban J connectivity index is 2.12. The number of rotatable bonds is 2. The average molecular weight is 217 g/mol. The maximum absolute atomic E-state index is 10.4. The fourth-order valence-electron chi connectivity index (χ4n) is 0.903. The van der Waals surface area contributed by atoms with Crippen LogP contribution in [0.15, 0.2) is 0 Å². The van der Waals surface area contributed by atoms with E-state index in [-0.39, 0.29) is 5.97 Å². The lowest BCUT2D eigenvalue weighted by molar-refractivity contribution is -0.141. The standard InChI is InChI=1S/C8H9BrO2/c1-6(10)11-5-8-4-7(8)2-3-9/h7-8H,4-5H2,1H3/t7-,8?/m0/s1. The van der Waals surface area contributed by atoms with Gasteiger partial charge in [0.05, 0.1) is 6.61 Å². The van der Waals surface area contributed by atoms with E-state index in [9.17, 15) is 4.79 Å². The molecule has 0 heterocycles. The van der Waals surface area contributed by atoms with Crippen molar-refractivity contribution in [2.24, 2.45) is 11.8 Å². The Labute approximate surface area is 74.4 Å². The number of ether oxygens (including phenoxy) is 1. The number of carbonyl (C=O) groups is 1. The van der Waals surface area contributed by atoms with E-state index in [0.29, 0.717) is 18.4 Å². The topological polar surface area (TPSA) is 26.3 Å². The Morgan fingerprint density at radius 1 is 1.82 bits per heavy atom. The van der Waals surface area contributed by atoms with Crippen molar-refractivity contribution in [3.05, 3.63) is 0 Å². The summed E-state index contributed by atoms with van der Waals surface area (Å²) in [6, 6.07) is 0. The van der Waals surface area contributed by atoms with Crippen LogP contribution < -0.4 is 0 Å². The summed E-state index contributed by atoms with van der Waals surface area (Å²) in [6.07, 6.45) is 1.06. The molecule has 0 spiro atoms. The van der Waals surface area contributed by atoms with Gasteiger partial charge in [-0.2, -0.15) is 0 Å². The van der Waals surface area contributed by atoms with Crippen LogP contribution in [0, 0.1) is 22.6 Å². The first kappa shape index (κ1) is 8.61. The highest BCUT2D eigenvalue weighted by molar-refractivity contribution is 9.12. The molecule has 2 nitrogen and oxygen atoms in total. The zero-order chi connectivity index (χ0) is 8.27. The largest absolute Gasteiger partial charge is 0.466 e. The Kier molecular flexibility index (Phi) is 2.95. The Morgan fingerprint density at radius 2 is 2.55 bits per heavy atom. The lowest BCUT2D eigenvalue weighted by atomic mass is 10.3. The van der Waals surface area contributed by atoms with Gasteiger partial charge >= 0.3 is 5.97 Å². The van der Waals surface area contributed by atoms with Gasteiger partial charge in [0, 0.05) is 34.7 Å². The van der Waals surface area contributed by atoms with Gasteiger partial charge < -0.3 is 4.74 Å². The summed E-state index contributed by atoms with van der Waals surface area (Å²) in [5, 5.41) is 0. The van der Waals surface area contributed by atoms with Crippen molar-refractivity contribution in [3.63, 3.8) is 0 Å². The van der Waals surface area contributed by atoms with Crippen LogP contribution in [0.4, 0.5) is 0 Å². The molecule has 1 rings (SSSR count). The van der Waals surface area contributed by atoms with Crippen molar-refractivity contribution in [2.75, 3.05) is 6.61 Å². The molecule has 0 radical (unpaired) electrons. The van der Waals surface area contributed by atoms with Gasteiger partial charge in [-0.05, 0) is 11.3 Å². The summed E-state index contributed by atoms with van der Waals surface area (Å²) < 4.78 is 4.82. The minimum atomic E-state index is -0.206. The maximum atomic E-state index is 10.4. The summed E-state index contributed by atoms with van der Waals surface area (Å²) in [5.41, 5.74) is 0. The third kappa shape index (κ3) is 2.94. The predicted octanol–water partition coefficient (Wildman–Crippen LogP) is 1.54. The lowest BCUT2D eigenvalue weighted by Gasteiger charge is -1.96. The van der Waals surface area contributed by atoms with E-state index in [0.717, 1.165) is 6.42 Å². The highest BCUT2D eigenvalue weighted by atomic mass is 79.9. The van der Waals surface area contributed by atoms with Crippen molar-refractivity contribution in [3.8, 4) is 10.8 Å². The normalized spacial score (nSPS) is 26.7. The number of esters is 1. The SMILES string of the molecule is CC(=O)OCC1C[C@@H]1C#CBr. The molecule has 0 aromatic rings. The van der Waals surface area contributed by atoms with Crippen LogP contribution in [-0.2, 0) is 9.53 Å². The van der Waals surface area contributed by atoms with Crippen LogP contribution >= 0.6 is 15.9 Å². The monoisotopic (exact) mass is 216 g/mol. The molecule has 0 aromatic carbocycles. The Bertz CT molecular complexity index is 214. The number of hydrogen-bond acceptors (Lipinski definition) is 2.